The molecule has 4 aromatic heterocycles. The lowest BCUT2D eigenvalue weighted by molar-refractivity contribution is 0.0991. The normalized spacial score (nSPS) is 14.7. The minimum atomic E-state index is 0.0495. The van der Waals surface area contributed by atoms with E-state index >= 15 is 0 Å². The number of ketones is 1. The van der Waals surface area contributed by atoms with Gasteiger partial charge in [-0.05, 0) is 32.2 Å². The summed E-state index contributed by atoms with van der Waals surface area (Å²) in [4.78, 5) is 31.4. The molecule has 0 bridgehead atoms. The number of likely N-dealkylation sites (N-methyl/N-ethyl adjacent to an activating group) is 1. The van der Waals surface area contributed by atoms with Crippen molar-refractivity contribution >= 4 is 22.5 Å². The van der Waals surface area contributed by atoms with Crippen molar-refractivity contribution in [3.63, 3.8) is 0 Å². The molecule has 1 fully saturated rings. The Bertz CT molecular complexity index is 1320. The van der Waals surface area contributed by atoms with E-state index < -0.39 is 0 Å². The average molecular weight is 442 g/mol. The second-order valence-electron chi connectivity index (χ2n) is 8.69. The van der Waals surface area contributed by atoms with E-state index in [2.05, 4.69) is 43.0 Å². The summed E-state index contributed by atoms with van der Waals surface area (Å²) in [7, 11) is 4.02. The fourth-order valence-corrected chi connectivity index (χ4v) is 4.33. The summed E-state index contributed by atoms with van der Waals surface area (Å²) in [5.74, 6) is 0.958. The predicted octanol–water partition coefficient (Wildman–Crippen LogP) is 2.91. The van der Waals surface area contributed by atoms with Gasteiger partial charge >= 0.3 is 0 Å². The molecule has 5 heterocycles. The van der Waals surface area contributed by atoms with Crippen LogP contribution in [-0.2, 0) is 13.5 Å². The lowest BCUT2D eigenvalue weighted by Gasteiger charge is -2.34. The van der Waals surface area contributed by atoms with Crippen molar-refractivity contribution in [1.29, 1.82) is 0 Å². The van der Waals surface area contributed by atoms with Crippen molar-refractivity contribution in [2.45, 2.75) is 13.3 Å². The number of anilines is 1. The van der Waals surface area contributed by atoms with Crippen LogP contribution in [0.5, 0.6) is 0 Å². The Balaban J connectivity index is 1.39. The van der Waals surface area contributed by atoms with E-state index in [0.717, 1.165) is 65.3 Å². The van der Waals surface area contributed by atoms with Crippen molar-refractivity contribution < 1.29 is 4.79 Å². The molecule has 8 nitrogen and oxygen atoms in total. The molecule has 0 saturated carbocycles. The minimum Gasteiger partial charge on any atom is -0.354 e. The van der Waals surface area contributed by atoms with Crippen molar-refractivity contribution in [3.05, 3.63) is 66.0 Å². The van der Waals surface area contributed by atoms with Crippen LogP contribution in [0.25, 0.3) is 22.0 Å². The highest BCUT2D eigenvalue weighted by Crippen LogP contribution is 2.25. The first-order chi connectivity index (χ1) is 16.0. The van der Waals surface area contributed by atoms with E-state index in [-0.39, 0.29) is 12.2 Å². The molecule has 0 radical (unpaired) electrons. The maximum Gasteiger partial charge on any atom is 0.169 e. The highest BCUT2D eigenvalue weighted by atomic mass is 16.1. The van der Waals surface area contributed by atoms with E-state index in [0.29, 0.717) is 5.56 Å². The summed E-state index contributed by atoms with van der Waals surface area (Å²) in [5, 5.41) is 5.19. The second-order valence-corrected chi connectivity index (χ2v) is 8.69. The first-order valence-electron chi connectivity index (χ1n) is 11.1. The van der Waals surface area contributed by atoms with Gasteiger partial charge in [0.1, 0.15) is 5.82 Å². The van der Waals surface area contributed by atoms with Gasteiger partial charge in [-0.25, -0.2) is 4.98 Å². The first-order valence-corrected chi connectivity index (χ1v) is 11.1. The largest absolute Gasteiger partial charge is 0.354 e. The zero-order valence-corrected chi connectivity index (χ0v) is 19.2. The maximum absolute atomic E-state index is 13.2. The molecule has 0 aliphatic carbocycles. The van der Waals surface area contributed by atoms with Crippen LogP contribution in [-0.4, -0.2) is 68.6 Å². The summed E-state index contributed by atoms with van der Waals surface area (Å²) in [6.07, 6.45) is 9.31. The number of piperazine rings is 1. The Kier molecular flexibility index (Phi) is 5.60. The van der Waals surface area contributed by atoms with Crippen LogP contribution < -0.4 is 4.90 Å². The number of aromatic nitrogens is 5. The Morgan fingerprint density at radius 3 is 2.55 bits per heavy atom. The van der Waals surface area contributed by atoms with Crippen LogP contribution in [0, 0.1) is 6.92 Å². The van der Waals surface area contributed by atoms with Gasteiger partial charge in [0.15, 0.2) is 5.78 Å². The molecular weight excluding hydrogens is 414 g/mol. The number of fused-ring (bicyclic) bond motifs is 1. The topological polar surface area (TPSA) is 80.0 Å². The van der Waals surface area contributed by atoms with Crippen LogP contribution in [0.3, 0.4) is 0 Å². The molecule has 0 unspecified atom stereocenters. The molecule has 1 aliphatic rings. The number of rotatable bonds is 5. The van der Waals surface area contributed by atoms with Gasteiger partial charge in [-0.2, -0.15) is 5.10 Å². The van der Waals surface area contributed by atoms with Gasteiger partial charge in [0.2, 0.25) is 0 Å². The number of hydrogen-bond donors (Lipinski definition) is 0. The average Bonchev–Trinajstić information content (AvgIpc) is 3.25. The second kappa shape index (κ2) is 8.71. The third-order valence-electron chi connectivity index (χ3n) is 6.28. The lowest BCUT2D eigenvalue weighted by atomic mass is 10.0. The number of nitrogens with zero attached hydrogens (tertiary/aromatic N) is 7. The smallest absolute Gasteiger partial charge is 0.169 e. The highest BCUT2D eigenvalue weighted by Gasteiger charge is 2.20. The summed E-state index contributed by atoms with van der Waals surface area (Å²) in [5.41, 5.74) is 5.17. The third kappa shape index (κ3) is 4.34. The fraction of sp³-hybridized carbons (Fsp3) is 0.320. The lowest BCUT2D eigenvalue weighted by Crippen LogP contribution is -2.45. The predicted molar refractivity (Wildman–Crippen MR) is 128 cm³/mol. The molecule has 1 saturated heterocycles. The Hall–Kier alpha value is -3.65. The Morgan fingerprint density at radius 2 is 1.79 bits per heavy atom. The number of Topliss-reactive ketones (excluding diaryl/α,β-unsaturated/α-hetero) is 1. The molecule has 8 heteroatoms. The van der Waals surface area contributed by atoms with Gasteiger partial charge in [0.25, 0.3) is 0 Å². The highest BCUT2D eigenvalue weighted by molar-refractivity contribution is 6.00. The molecule has 168 valence electrons. The van der Waals surface area contributed by atoms with Gasteiger partial charge < -0.3 is 9.80 Å². The fourth-order valence-electron chi connectivity index (χ4n) is 4.33. The molecule has 1 aliphatic heterocycles. The number of pyridine rings is 3. The van der Waals surface area contributed by atoms with Gasteiger partial charge in [-0.1, -0.05) is 0 Å². The number of aryl methyl sites for hydroxylation is 1. The van der Waals surface area contributed by atoms with Crippen LogP contribution >= 0.6 is 0 Å². The Labute approximate surface area is 192 Å². The summed E-state index contributed by atoms with van der Waals surface area (Å²) >= 11 is 0. The van der Waals surface area contributed by atoms with Crippen LogP contribution in [0.1, 0.15) is 21.6 Å². The Morgan fingerprint density at radius 1 is 0.970 bits per heavy atom. The van der Waals surface area contributed by atoms with Gasteiger partial charge in [0, 0.05) is 85.2 Å². The number of carbonyl (C=O) groups excluding carboxylic acids is 1. The van der Waals surface area contributed by atoms with Crippen molar-refractivity contribution in [2.24, 2.45) is 7.05 Å². The number of carbonyl (C=O) groups is 1. The van der Waals surface area contributed by atoms with Gasteiger partial charge in [-0.15, -0.1) is 0 Å². The minimum absolute atomic E-state index is 0.0495. The molecule has 5 rings (SSSR count). The van der Waals surface area contributed by atoms with E-state index in [9.17, 15) is 4.79 Å². The van der Waals surface area contributed by atoms with E-state index in [1.165, 1.54) is 0 Å². The van der Waals surface area contributed by atoms with Crippen LogP contribution in [0.4, 0.5) is 5.82 Å². The molecule has 0 amide bonds. The quantitative estimate of drug-likeness (QED) is 0.441. The third-order valence-corrected chi connectivity index (χ3v) is 6.28. The van der Waals surface area contributed by atoms with Gasteiger partial charge in [0.05, 0.1) is 24.3 Å². The molecule has 0 N–H and O–H groups in total. The number of hydrogen-bond acceptors (Lipinski definition) is 7. The van der Waals surface area contributed by atoms with E-state index in [1.54, 1.807) is 17.1 Å². The molecule has 33 heavy (non-hydrogen) atoms. The summed E-state index contributed by atoms with van der Waals surface area (Å²) in [6, 6.07) is 5.84. The van der Waals surface area contributed by atoms with Crippen molar-refractivity contribution in [1.82, 2.24) is 29.6 Å². The summed E-state index contributed by atoms with van der Waals surface area (Å²) in [6.45, 7) is 5.82. The maximum atomic E-state index is 13.2. The molecule has 0 spiro atoms. The monoisotopic (exact) mass is 441 g/mol. The molecule has 0 atom stereocenters. The van der Waals surface area contributed by atoms with Crippen molar-refractivity contribution in [3.8, 4) is 11.1 Å². The van der Waals surface area contributed by atoms with Crippen LogP contribution in [0.15, 0.2) is 49.2 Å². The van der Waals surface area contributed by atoms with Crippen molar-refractivity contribution in [2.75, 3.05) is 38.1 Å². The van der Waals surface area contributed by atoms with Gasteiger partial charge in [-0.3, -0.25) is 19.4 Å². The first kappa shape index (κ1) is 21.2. The molecular formula is C25H27N7O. The zero-order valence-electron chi connectivity index (χ0n) is 19.2. The SMILES string of the molecule is Cc1c(C(=O)Cc2cc3cc(-c4cnn(C)c4)cnc3cn2)ccnc1N1CCN(C)CC1. The van der Waals surface area contributed by atoms with E-state index in [1.807, 2.05) is 44.7 Å². The molecule has 4 aromatic rings. The standard InChI is InChI=1S/C25H27N7O/c1-17-22(4-5-26-25(17)32-8-6-30(2)7-9-32)24(33)12-21-11-18-10-19(13-28-23(18)15-27-21)20-14-29-31(3)16-20/h4-5,10-11,13-16H,6-9,12H2,1-3H3. The summed E-state index contributed by atoms with van der Waals surface area (Å²) < 4.78 is 1.77. The zero-order chi connectivity index (χ0) is 22.9. The van der Waals surface area contributed by atoms with E-state index in [4.69, 9.17) is 0 Å². The molecule has 0 aromatic carbocycles. The van der Waals surface area contributed by atoms with Crippen LogP contribution in [0.2, 0.25) is 0 Å².